The van der Waals surface area contributed by atoms with E-state index in [4.69, 9.17) is 4.74 Å². The number of imidazole rings is 1. The van der Waals surface area contributed by atoms with E-state index in [1.54, 1.807) is 6.07 Å². The van der Waals surface area contributed by atoms with E-state index in [0.29, 0.717) is 36.9 Å². The molecule has 0 N–H and O–H groups in total. The average Bonchev–Trinajstić information content (AvgIpc) is 3.20. The molecule has 1 atom stereocenters. The van der Waals surface area contributed by atoms with Gasteiger partial charge in [0.05, 0.1) is 24.6 Å². The number of carbonyl (C=O) groups is 1. The van der Waals surface area contributed by atoms with Crippen LogP contribution in [0.2, 0.25) is 0 Å². The summed E-state index contributed by atoms with van der Waals surface area (Å²) >= 11 is 1.41. The fourth-order valence-corrected chi connectivity index (χ4v) is 3.34. The third-order valence-electron chi connectivity index (χ3n) is 3.87. The van der Waals surface area contributed by atoms with Crippen molar-refractivity contribution in [1.29, 1.82) is 0 Å². The molecule has 23 heavy (non-hydrogen) atoms. The Morgan fingerprint density at radius 2 is 2.39 bits per heavy atom. The Labute approximate surface area is 136 Å². The van der Waals surface area contributed by atoms with Gasteiger partial charge in [-0.3, -0.25) is 14.3 Å². The summed E-state index contributed by atoms with van der Waals surface area (Å²) in [5, 5.41) is 1.86. The van der Waals surface area contributed by atoms with Crippen molar-refractivity contribution < 1.29 is 18.3 Å². The molecule has 2 aromatic heterocycles. The maximum atomic E-state index is 12.9. The quantitative estimate of drug-likeness (QED) is 0.758. The first-order valence-corrected chi connectivity index (χ1v) is 8.21. The molecule has 1 aliphatic rings. The molecule has 124 valence electrons. The lowest BCUT2D eigenvalue weighted by Crippen LogP contribution is -2.46. The smallest absolute Gasteiger partial charge is 0.319 e. The van der Waals surface area contributed by atoms with Crippen LogP contribution in [0, 0.1) is 0 Å². The van der Waals surface area contributed by atoms with E-state index < -0.39 is 6.55 Å². The second kappa shape index (κ2) is 7.29. The zero-order valence-corrected chi connectivity index (χ0v) is 13.2. The van der Waals surface area contributed by atoms with E-state index in [1.807, 2.05) is 16.3 Å². The highest BCUT2D eigenvalue weighted by molar-refractivity contribution is 7.12. The first-order chi connectivity index (χ1) is 11.1. The zero-order chi connectivity index (χ0) is 16.2. The van der Waals surface area contributed by atoms with Crippen LogP contribution in [0.25, 0.3) is 0 Å². The lowest BCUT2D eigenvalue weighted by atomic mass is 10.1. The Morgan fingerprint density at radius 1 is 1.52 bits per heavy atom. The van der Waals surface area contributed by atoms with Gasteiger partial charge < -0.3 is 4.74 Å². The molecule has 0 spiro atoms. The second-order valence-electron chi connectivity index (χ2n) is 5.33. The summed E-state index contributed by atoms with van der Waals surface area (Å²) in [4.78, 5) is 19.0. The Kier molecular flexibility index (Phi) is 5.14. The van der Waals surface area contributed by atoms with Gasteiger partial charge in [0, 0.05) is 31.4 Å². The van der Waals surface area contributed by atoms with Gasteiger partial charge in [0.15, 0.2) is 5.78 Å². The zero-order valence-electron chi connectivity index (χ0n) is 12.4. The highest BCUT2D eigenvalue weighted by Gasteiger charge is 2.27. The van der Waals surface area contributed by atoms with Crippen LogP contribution in [-0.4, -0.2) is 46.0 Å². The standard InChI is InChI=1S/C15H17F2N3O2S/c16-15(17)20-4-3-18-14(20)9-19-5-6-22-10-11(19)8-12(21)13-2-1-7-23-13/h1-4,7,11,15H,5-6,8-10H2/t11-/m0/s1. The number of ether oxygens (including phenoxy) is 1. The van der Waals surface area contributed by atoms with Crippen LogP contribution in [-0.2, 0) is 11.3 Å². The molecule has 0 aliphatic carbocycles. The van der Waals surface area contributed by atoms with Crippen molar-refractivity contribution in [2.75, 3.05) is 19.8 Å². The first-order valence-electron chi connectivity index (χ1n) is 7.33. The summed E-state index contributed by atoms with van der Waals surface area (Å²) in [5.74, 6) is 0.355. The van der Waals surface area contributed by atoms with Crippen LogP contribution in [0.3, 0.4) is 0 Å². The highest BCUT2D eigenvalue weighted by atomic mass is 32.1. The number of halogens is 2. The summed E-state index contributed by atoms with van der Waals surface area (Å²) in [6.45, 7) is -0.785. The Bertz CT molecular complexity index is 645. The number of carbonyl (C=O) groups excluding carboxylic acids is 1. The van der Waals surface area contributed by atoms with Gasteiger partial charge in [-0.15, -0.1) is 11.3 Å². The van der Waals surface area contributed by atoms with E-state index in [0.717, 1.165) is 4.57 Å². The van der Waals surface area contributed by atoms with Crippen molar-refractivity contribution in [3.8, 4) is 0 Å². The largest absolute Gasteiger partial charge is 0.378 e. The molecule has 5 nitrogen and oxygen atoms in total. The minimum atomic E-state index is -2.61. The maximum absolute atomic E-state index is 12.9. The topological polar surface area (TPSA) is 47.4 Å². The SMILES string of the molecule is O=C(C[C@H]1COCCN1Cc1nccn1C(F)F)c1cccs1. The van der Waals surface area contributed by atoms with Gasteiger partial charge in [-0.2, -0.15) is 8.78 Å². The fraction of sp³-hybridized carbons (Fsp3) is 0.467. The average molecular weight is 341 g/mol. The molecule has 0 amide bonds. The van der Waals surface area contributed by atoms with Gasteiger partial charge >= 0.3 is 6.55 Å². The van der Waals surface area contributed by atoms with Gasteiger partial charge in [0.2, 0.25) is 0 Å². The number of thiophene rings is 1. The monoisotopic (exact) mass is 341 g/mol. The molecule has 1 aliphatic heterocycles. The second-order valence-corrected chi connectivity index (χ2v) is 6.28. The van der Waals surface area contributed by atoms with E-state index >= 15 is 0 Å². The van der Waals surface area contributed by atoms with Gasteiger partial charge in [0.1, 0.15) is 5.82 Å². The highest BCUT2D eigenvalue weighted by Crippen LogP contribution is 2.20. The predicted octanol–water partition coefficient (Wildman–Crippen LogP) is 2.81. The molecule has 3 heterocycles. The molecule has 1 saturated heterocycles. The number of nitrogens with zero attached hydrogens (tertiary/aromatic N) is 3. The van der Waals surface area contributed by atoms with Crippen LogP contribution in [0.1, 0.15) is 28.5 Å². The van der Waals surface area contributed by atoms with Crippen molar-refractivity contribution in [3.63, 3.8) is 0 Å². The number of aromatic nitrogens is 2. The number of Topliss-reactive ketones (excluding diaryl/α,β-unsaturated/α-hetero) is 1. The van der Waals surface area contributed by atoms with Crippen LogP contribution in [0.4, 0.5) is 8.78 Å². The molecular weight excluding hydrogens is 324 g/mol. The van der Waals surface area contributed by atoms with Crippen molar-refractivity contribution in [1.82, 2.24) is 14.5 Å². The number of hydrogen-bond acceptors (Lipinski definition) is 5. The van der Waals surface area contributed by atoms with E-state index in [9.17, 15) is 13.6 Å². The summed E-state index contributed by atoms with van der Waals surface area (Å²) in [5.41, 5.74) is 0. The summed E-state index contributed by atoms with van der Waals surface area (Å²) in [6.07, 6.45) is 2.95. The molecular formula is C15H17F2N3O2S. The van der Waals surface area contributed by atoms with Gasteiger partial charge in [-0.25, -0.2) is 4.98 Å². The molecule has 0 radical (unpaired) electrons. The molecule has 0 bridgehead atoms. The molecule has 0 saturated carbocycles. The Balaban J connectivity index is 1.69. The van der Waals surface area contributed by atoms with Gasteiger partial charge in [-0.1, -0.05) is 6.07 Å². The van der Waals surface area contributed by atoms with Crippen molar-refractivity contribution in [3.05, 3.63) is 40.6 Å². The number of ketones is 1. The summed E-state index contributed by atoms with van der Waals surface area (Å²) in [6, 6.07) is 3.51. The summed E-state index contributed by atoms with van der Waals surface area (Å²) < 4.78 is 32.2. The molecule has 0 unspecified atom stereocenters. The minimum absolute atomic E-state index is 0.0534. The molecule has 8 heteroatoms. The van der Waals surface area contributed by atoms with Crippen LogP contribution in [0.15, 0.2) is 29.9 Å². The van der Waals surface area contributed by atoms with Crippen LogP contribution < -0.4 is 0 Å². The fourth-order valence-electron chi connectivity index (χ4n) is 2.66. The Morgan fingerprint density at radius 3 is 3.13 bits per heavy atom. The number of morpholine rings is 1. The molecule has 1 fully saturated rings. The number of rotatable bonds is 6. The lowest BCUT2D eigenvalue weighted by molar-refractivity contribution is -0.0164. The van der Waals surface area contributed by atoms with Gasteiger partial charge in [0.25, 0.3) is 0 Å². The van der Waals surface area contributed by atoms with Crippen molar-refractivity contribution in [2.24, 2.45) is 0 Å². The van der Waals surface area contributed by atoms with E-state index in [1.165, 1.54) is 23.7 Å². The normalized spacial score (nSPS) is 19.3. The third kappa shape index (κ3) is 3.82. The first kappa shape index (κ1) is 16.2. The van der Waals surface area contributed by atoms with Gasteiger partial charge in [-0.05, 0) is 11.4 Å². The number of alkyl halides is 2. The van der Waals surface area contributed by atoms with Crippen LogP contribution in [0.5, 0.6) is 0 Å². The molecule has 0 aromatic carbocycles. The van der Waals surface area contributed by atoms with Crippen LogP contribution >= 0.6 is 11.3 Å². The number of hydrogen-bond donors (Lipinski definition) is 0. The lowest BCUT2D eigenvalue weighted by Gasteiger charge is -2.35. The van der Waals surface area contributed by atoms with E-state index in [2.05, 4.69) is 4.98 Å². The van der Waals surface area contributed by atoms with Crippen molar-refractivity contribution in [2.45, 2.75) is 25.6 Å². The summed E-state index contributed by atoms with van der Waals surface area (Å²) in [7, 11) is 0. The molecule has 3 rings (SSSR count). The minimum Gasteiger partial charge on any atom is -0.378 e. The molecule has 2 aromatic rings. The predicted molar refractivity (Wildman–Crippen MR) is 81.8 cm³/mol. The Hall–Kier alpha value is -1.64. The maximum Gasteiger partial charge on any atom is 0.319 e. The van der Waals surface area contributed by atoms with E-state index in [-0.39, 0.29) is 18.4 Å². The third-order valence-corrected chi connectivity index (χ3v) is 4.78. The van der Waals surface area contributed by atoms with Crippen molar-refractivity contribution >= 4 is 17.1 Å².